The Hall–Kier alpha value is -0.610. The highest BCUT2D eigenvalue weighted by atomic mass is 16.6. The average Bonchev–Trinajstić information content (AvgIpc) is 2.15. The third-order valence-electron chi connectivity index (χ3n) is 1.81. The van der Waals surface area contributed by atoms with Crippen LogP contribution in [-0.2, 0) is 14.3 Å². The zero-order valence-electron chi connectivity index (χ0n) is 9.50. The molecule has 0 heterocycles. The van der Waals surface area contributed by atoms with Gasteiger partial charge in [-0.3, -0.25) is 0 Å². The van der Waals surface area contributed by atoms with Gasteiger partial charge in [0.1, 0.15) is 0 Å². The molecule has 1 N–H and O–H groups in total. The maximum atomic E-state index is 11.3. The minimum Gasteiger partial charge on any atom is -0.464 e. The predicted octanol–water partition coefficient (Wildman–Crippen LogP) is 0.953. The van der Waals surface area contributed by atoms with Crippen molar-refractivity contribution in [1.82, 2.24) is 5.32 Å². The van der Waals surface area contributed by atoms with Crippen molar-refractivity contribution < 1.29 is 14.3 Å². The number of hydrogen-bond donors (Lipinski definition) is 1. The third-order valence-corrected chi connectivity index (χ3v) is 1.81. The fourth-order valence-electron chi connectivity index (χ4n) is 1.17. The van der Waals surface area contributed by atoms with Crippen molar-refractivity contribution in [2.75, 3.05) is 20.2 Å². The Morgan fingerprint density at radius 2 is 2.07 bits per heavy atom. The van der Waals surface area contributed by atoms with Crippen molar-refractivity contribution in [2.45, 2.75) is 39.4 Å². The first-order valence-electron chi connectivity index (χ1n) is 5.12. The molecule has 2 atom stereocenters. The quantitative estimate of drug-likeness (QED) is 0.626. The first kappa shape index (κ1) is 13.4. The summed E-state index contributed by atoms with van der Waals surface area (Å²) >= 11 is 0. The SMILES string of the molecule is CCOC(=O)C(CC)OC(C)CNC. The number of carbonyl (C=O) groups is 1. The second kappa shape index (κ2) is 7.76. The summed E-state index contributed by atoms with van der Waals surface area (Å²) in [6.07, 6.45) is 0.236. The van der Waals surface area contributed by atoms with Crippen LogP contribution < -0.4 is 5.32 Å². The van der Waals surface area contributed by atoms with Gasteiger partial charge in [0.2, 0.25) is 0 Å². The Balaban J connectivity index is 3.94. The lowest BCUT2D eigenvalue weighted by molar-refractivity contribution is -0.160. The highest BCUT2D eigenvalue weighted by Crippen LogP contribution is 2.04. The van der Waals surface area contributed by atoms with Crippen LogP contribution in [0.5, 0.6) is 0 Å². The summed E-state index contributed by atoms with van der Waals surface area (Å²) in [5.41, 5.74) is 0. The molecule has 0 aliphatic heterocycles. The molecule has 0 fully saturated rings. The van der Waals surface area contributed by atoms with Gasteiger partial charge in [-0.25, -0.2) is 4.79 Å². The second-order valence-electron chi connectivity index (χ2n) is 3.15. The molecule has 2 unspecified atom stereocenters. The lowest BCUT2D eigenvalue weighted by atomic mass is 10.2. The number of esters is 1. The van der Waals surface area contributed by atoms with E-state index in [0.29, 0.717) is 13.0 Å². The Morgan fingerprint density at radius 3 is 2.50 bits per heavy atom. The van der Waals surface area contributed by atoms with Crippen molar-refractivity contribution in [1.29, 1.82) is 0 Å². The molecule has 0 spiro atoms. The molecule has 0 aromatic carbocycles. The maximum absolute atomic E-state index is 11.3. The van der Waals surface area contributed by atoms with Crippen LogP contribution in [0.15, 0.2) is 0 Å². The standard InChI is InChI=1S/C10H21NO3/c1-5-9(10(12)13-6-2)14-8(3)7-11-4/h8-9,11H,5-7H2,1-4H3. The largest absolute Gasteiger partial charge is 0.464 e. The number of ether oxygens (including phenoxy) is 2. The highest BCUT2D eigenvalue weighted by molar-refractivity contribution is 5.74. The lowest BCUT2D eigenvalue weighted by Crippen LogP contribution is -2.33. The van der Waals surface area contributed by atoms with Gasteiger partial charge in [-0.2, -0.15) is 0 Å². The van der Waals surface area contributed by atoms with Crippen molar-refractivity contribution in [3.8, 4) is 0 Å². The average molecular weight is 203 g/mol. The number of likely N-dealkylation sites (N-methyl/N-ethyl adjacent to an activating group) is 1. The summed E-state index contributed by atoms with van der Waals surface area (Å²) in [6.45, 7) is 6.77. The van der Waals surface area contributed by atoms with Crippen LogP contribution in [-0.4, -0.2) is 38.4 Å². The van der Waals surface area contributed by atoms with Gasteiger partial charge in [-0.05, 0) is 27.3 Å². The van der Waals surface area contributed by atoms with Crippen molar-refractivity contribution >= 4 is 5.97 Å². The van der Waals surface area contributed by atoms with Gasteiger partial charge in [0.05, 0.1) is 12.7 Å². The zero-order chi connectivity index (χ0) is 11.0. The van der Waals surface area contributed by atoms with Gasteiger partial charge in [0, 0.05) is 6.54 Å². The second-order valence-corrected chi connectivity index (χ2v) is 3.15. The van der Waals surface area contributed by atoms with Gasteiger partial charge in [-0.15, -0.1) is 0 Å². The highest BCUT2D eigenvalue weighted by Gasteiger charge is 2.20. The van der Waals surface area contributed by atoms with E-state index < -0.39 is 6.10 Å². The summed E-state index contributed by atoms with van der Waals surface area (Å²) in [4.78, 5) is 11.3. The normalized spacial score (nSPS) is 14.9. The van der Waals surface area contributed by atoms with Crippen LogP contribution in [0.3, 0.4) is 0 Å². The Morgan fingerprint density at radius 1 is 1.43 bits per heavy atom. The van der Waals surface area contributed by atoms with Crippen LogP contribution in [0.4, 0.5) is 0 Å². The molecule has 14 heavy (non-hydrogen) atoms. The zero-order valence-corrected chi connectivity index (χ0v) is 9.50. The first-order chi connectivity index (χ1) is 6.65. The summed E-state index contributed by atoms with van der Waals surface area (Å²) < 4.78 is 10.4. The van der Waals surface area contributed by atoms with Crippen molar-refractivity contribution in [3.63, 3.8) is 0 Å². The minimum absolute atomic E-state index is 0.0226. The van der Waals surface area contributed by atoms with Crippen molar-refractivity contribution in [3.05, 3.63) is 0 Å². The molecule has 0 saturated heterocycles. The van der Waals surface area contributed by atoms with E-state index in [9.17, 15) is 4.79 Å². The molecule has 0 rings (SSSR count). The molecule has 0 aromatic heterocycles. The molecule has 0 aromatic rings. The smallest absolute Gasteiger partial charge is 0.335 e. The molecule has 0 aliphatic rings. The van der Waals surface area contributed by atoms with E-state index in [4.69, 9.17) is 9.47 Å². The summed E-state index contributed by atoms with van der Waals surface area (Å²) in [7, 11) is 1.85. The molecule has 0 radical (unpaired) electrons. The molecular formula is C10H21NO3. The number of carbonyl (C=O) groups excluding carboxylic acids is 1. The van der Waals surface area contributed by atoms with Crippen molar-refractivity contribution in [2.24, 2.45) is 0 Å². The number of rotatable bonds is 7. The van der Waals surface area contributed by atoms with E-state index in [1.54, 1.807) is 6.92 Å². The molecule has 0 aliphatic carbocycles. The fourth-order valence-corrected chi connectivity index (χ4v) is 1.17. The van der Waals surface area contributed by atoms with E-state index in [-0.39, 0.29) is 12.1 Å². The third kappa shape index (κ3) is 5.19. The lowest BCUT2D eigenvalue weighted by Gasteiger charge is -2.19. The van der Waals surface area contributed by atoms with Crippen LogP contribution in [0.2, 0.25) is 0 Å². The molecule has 4 nitrogen and oxygen atoms in total. The van der Waals surface area contributed by atoms with E-state index in [2.05, 4.69) is 5.32 Å². The molecule has 0 bridgehead atoms. The van der Waals surface area contributed by atoms with Gasteiger partial charge in [-0.1, -0.05) is 6.92 Å². The monoisotopic (exact) mass is 203 g/mol. The van der Waals surface area contributed by atoms with Gasteiger partial charge >= 0.3 is 5.97 Å². The van der Waals surface area contributed by atoms with Gasteiger partial charge in [0.25, 0.3) is 0 Å². The molecule has 0 amide bonds. The molecular weight excluding hydrogens is 182 g/mol. The molecule has 0 saturated carbocycles. The van der Waals surface area contributed by atoms with Gasteiger partial charge < -0.3 is 14.8 Å². The summed E-state index contributed by atoms with van der Waals surface area (Å²) in [5.74, 6) is -0.266. The van der Waals surface area contributed by atoms with E-state index in [1.165, 1.54) is 0 Å². The Labute approximate surface area is 86.0 Å². The predicted molar refractivity (Wildman–Crippen MR) is 55.2 cm³/mol. The van der Waals surface area contributed by atoms with Gasteiger partial charge in [0.15, 0.2) is 6.10 Å². The number of nitrogens with one attached hydrogen (secondary N) is 1. The maximum Gasteiger partial charge on any atom is 0.335 e. The van der Waals surface area contributed by atoms with E-state index in [0.717, 1.165) is 6.54 Å². The van der Waals surface area contributed by atoms with Crippen LogP contribution in [0, 0.1) is 0 Å². The topological polar surface area (TPSA) is 47.6 Å². The first-order valence-corrected chi connectivity index (χ1v) is 5.12. The number of hydrogen-bond acceptors (Lipinski definition) is 4. The summed E-state index contributed by atoms with van der Waals surface area (Å²) in [6, 6.07) is 0. The minimum atomic E-state index is -0.432. The van der Waals surface area contributed by atoms with Crippen LogP contribution in [0.25, 0.3) is 0 Å². The van der Waals surface area contributed by atoms with Crippen LogP contribution >= 0.6 is 0 Å². The van der Waals surface area contributed by atoms with Crippen LogP contribution in [0.1, 0.15) is 27.2 Å². The summed E-state index contributed by atoms with van der Waals surface area (Å²) in [5, 5.41) is 2.99. The fraction of sp³-hybridized carbons (Fsp3) is 0.900. The Bertz CT molecular complexity index is 161. The molecule has 4 heteroatoms. The van der Waals surface area contributed by atoms with E-state index in [1.807, 2.05) is 20.9 Å². The van der Waals surface area contributed by atoms with E-state index >= 15 is 0 Å². The molecule has 84 valence electrons. The Kier molecular flexibility index (Phi) is 7.42.